The summed E-state index contributed by atoms with van der Waals surface area (Å²) in [5.74, 6) is -0.893. The number of H-pyrrole nitrogens is 1. The average Bonchev–Trinajstić information content (AvgIpc) is 2.58. The van der Waals surface area contributed by atoms with Crippen LogP contribution in [0.15, 0.2) is 22.7 Å². The van der Waals surface area contributed by atoms with Crippen LogP contribution in [0, 0.1) is 0 Å². The van der Waals surface area contributed by atoms with Gasteiger partial charge in [-0.25, -0.2) is 4.79 Å². The SMILES string of the molecule is CCCc1c(C(=O)O)[nH]c2ccc(Br)cc12. The third-order valence-electron chi connectivity index (χ3n) is 2.58. The molecule has 0 atom stereocenters. The maximum absolute atomic E-state index is 11.1. The van der Waals surface area contributed by atoms with Gasteiger partial charge < -0.3 is 10.1 Å². The van der Waals surface area contributed by atoms with Crippen molar-refractivity contribution in [2.75, 3.05) is 0 Å². The van der Waals surface area contributed by atoms with Crippen molar-refractivity contribution in [3.63, 3.8) is 0 Å². The smallest absolute Gasteiger partial charge is 0.352 e. The first-order valence-electron chi connectivity index (χ1n) is 5.17. The maximum atomic E-state index is 11.1. The minimum absolute atomic E-state index is 0.315. The van der Waals surface area contributed by atoms with Crippen LogP contribution >= 0.6 is 15.9 Å². The van der Waals surface area contributed by atoms with Gasteiger partial charge in [0.15, 0.2) is 0 Å². The largest absolute Gasteiger partial charge is 0.477 e. The van der Waals surface area contributed by atoms with Crippen molar-refractivity contribution in [3.05, 3.63) is 33.9 Å². The Morgan fingerprint density at radius 1 is 1.50 bits per heavy atom. The monoisotopic (exact) mass is 281 g/mol. The molecule has 0 amide bonds. The lowest BCUT2D eigenvalue weighted by atomic mass is 10.1. The van der Waals surface area contributed by atoms with Crippen LogP contribution in [-0.4, -0.2) is 16.1 Å². The highest BCUT2D eigenvalue weighted by Gasteiger charge is 2.16. The van der Waals surface area contributed by atoms with E-state index in [-0.39, 0.29) is 0 Å². The van der Waals surface area contributed by atoms with Gasteiger partial charge in [-0.15, -0.1) is 0 Å². The summed E-state index contributed by atoms with van der Waals surface area (Å²) in [5, 5.41) is 10.1. The van der Waals surface area contributed by atoms with Crippen molar-refractivity contribution < 1.29 is 9.90 Å². The minimum Gasteiger partial charge on any atom is -0.477 e. The molecule has 0 aliphatic rings. The van der Waals surface area contributed by atoms with Crippen molar-refractivity contribution in [2.24, 2.45) is 0 Å². The fraction of sp³-hybridized carbons (Fsp3) is 0.250. The highest BCUT2D eigenvalue weighted by Crippen LogP contribution is 2.26. The molecule has 1 aromatic heterocycles. The van der Waals surface area contributed by atoms with Gasteiger partial charge >= 0.3 is 5.97 Å². The molecule has 4 heteroatoms. The summed E-state index contributed by atoms with van der Waals surface area (Å²) in [6.45, 7) is 2.04. The summed E-state index contributed by atoms with van der Waals surface area (Å²) < 4.78 is 0.966. The number of hydrogen-bond acceptors (Lipinski definition) is 1. The molecule has 0 fully saturated rings. The van der Waals surface area contributed by atoms with E-state index in [4.69, 9.17) is 5.11 Å². The molecule has 0 bridgehead atoms. The molecule has 2 aromatic rings. The fourth-order valence-electron chi connectivity index (χ4n) is 1.91. The van der Waals surface area contributed by atoms with E-state index in [0.29, 0.717) is 5.69 Å². The second-order valence-corrected chi connectivity index (χ2v) is 4.64. The molecule has 2 N–H and O–H groups in total. The lowest BCUT2D eigenvalue weighted by Gasteiger charge is -1.98. The third kappa shape index (κ3) is 1.85. The van der Waals surface area contributed by atoms with Gasteiger partial charge in [0.25, 0.3) is 0 Å². The summed E-state index contributed by atoms with van der Waals surface area (Å²) >= 11 is 3.40. The van der Waals surface area contributed by atoms with E-state index in [1.54, 1.807) is 0 Å². The predicted molar refractivity (Wildman–Crippen MR) is 67.0 cm³/mol. The number of fused-ring (bicyclic) bond motifs is 1. The molecule has 0 saturated carbocycles. The number of nitrogens with one attached hydrogen (secondary N) is 1. The summed E-state index contributed by atoms with van der Waals surface area (Å²) in [6.07, 6.45) is 1.71. The molecule has 16 heavy (non-hydrogen) atoms. The lowest BCUT2D eigenvalue weighted by Crippen LogP contribution is -2.00. The summed E-state index contributed by atoms with van der Waals surface area (Å²) in [4.78, 5) is 14.1. The van der Waals surface area contributed by atoms with Crippen LogP contribution in [-0.2, 0) is 6.42 Å². The summed E-state index contributed by atoms with van der Waals surface area (Å²) in [7, 11) is 0. The first-order chi connectivity index (χ1) is 7.63. The number of carboxylic acids is 1. The summed E-state index contributed by atoms with van der Waals surface area (Å²) in [6, 6.07) is 5.76. The van der Waals surface area contributed by atoms with E-state index in [1.807, 2.05) is 25.1 Å². The number of carbonyl (C=O) groups is 1. The van der Waals surface area contributed by atoms with Gasteiger partial charge in [0.1, 0.15) is 5.69 Å². The van der Waals surface area contributed by atoms with Crippen molar-refractivity contribution in [1.82, 2.24) is 4.98 Å². The molecule has 0 aliphatic heterocycles. The number of halogens is 1. The van der Waals surface area contributed by atoms with Crippen LogP contribution in [0.4, 0.5) is 0 Å². The van der Waals surface area contributed by atoms with Crippen LogP contribution in [0.25, 0.3) is 10.9 Å². The zero-order valence-electron chi connectivity index (χ0n) is 8.88. The first kappa shape index (κ1) is 11.2. The highest BCUT2D eigenvalue weighted by molar-refractivity contribution is 9.10. The van der Waals surface area contributed by atoms with Gasteiger partial charge in [-0.05, 0) is 30.2 Å². The summed E-state index contributed by atoms with van der Waals surface area (Å²) in [5.41, 5.74) is 2.09. The second-order valence-electron chi connectivity index (χ2n) is 3.72. The minimum atomic E-state index is -0.893. The molecular weight excluding hydrogens is 270 g/mol. The zero-order chi connectivity index (χ0) is 11.7. The Balaban J connectivity index is 2.71. The Kier molecular flexibility index (Phi) is 3.01. The number of hydrogen-bond donors (Lipinski definition) is 2. The average molecular weight is 282 g/mol. The Labute approximate surface area is 102 Å². The standard InChI is InChI=1S/C12H12BrNO2/c1-2-3-8-9-6-7(13)4-5-10(9)14-11(8)12(15)16/h4-6,14H,2-3H2,1H3,(H,15,16). The third-order valence-corrected chi connectivity index (χ3v) is 3.08. The maximum Gasteiger partial charge on any atom is 0.352 e. The molecule has 1 heterocycles. The number of benzene rings is 1. The number of rotatable bonds is 3. The predicted octanol–water partition coefficient (Wildman–Crippen LogP) is 3.58. The van der Waals surface area contributed by atoms with Crippen molar-refractivity contribution in [1.29, 1.82) is 0 Å². The number of aromatic carboxylic acids is 1. The number of aryl methyl sites for hydroxylation is 1. The van der Waals surface area contributed by atoms with Gasteiger partial charge in [-0.2, -0.15) is 0 Å². The van der Waals surface area contributed by atoms with Crippen molar-refractivity contribution >= 4 is 32.8 Å². The van der Waals surface area contributed by atoms with Crippen LogP contribution in [0.3, 0.4) is 0 Å². The molecule has 0 radical (unpaired) electrons. The molecule has 0 spiro atoms. The van der Waals surface area contributed by atoms with Gasteiger partial charge in [0.05, 0.1) is 0 Å². The Hall–Kier alpha value is -1.29. The van der Waals surface area contributed by atoms with Crippen LogP contribution < -0.4 is 0 Å². The molecule has 3 nitrogen and oxygen atoms in total. The van der Waals surface area contributed by atoms with Crippen LogP contribution in [0.1, 0.15) is 29.4 Å². The van der Waals surface area contributed by atoms with E-state index in [2.05, 4.69) is 20.9 Å². The molecule has 84 valence electrons. The van der Waals surface area contributed by atoms with Crippen LogP contribution in [0.5, 0.6) is 0 Å². The lowest BCUT2D eigenvalue weighted by molar-refractivity contribution is 0.0690. The van der Waals surface area contributed by atoms with E-state index < -0.39 is 5.97 Å². The molecule has 0 saturated heterocycles. The number of aromatic nitrogens is 1. The Morgan fingerprint density at radius 2 is 2.25 bits per heavy atom. The normalized spacial score (nSPS) is 10.9. The molecule has 1 aromatic carbocycles. The van der Waals surface area contributed by atoms with Crippen molar-refractivity contribution in [2.45, 2.75) is 19.8 Å². The first-order valence-corrected chi connectivity index (χ1v) is 5.96. The van der Waals surface area contributed by atoms with E-state index in [1.165, 1.54) is 0 Å². The van der Waals surface area contributed by atoms with E-state index in [9.17, 15) is 4.79 Å². The molecule has 2 rings (SSSR count). The quantitative estimate of drug-likeness (QED) is 0.904. The van der Waals surface area contributed by atoms with Gasteiger partial charge in [0.2, 0.25) is 0 Å². The van der Waals surface area contributed by atoms with Gasteiger partial charge in [0, 0.05) is 15.4 Å². The van der Waals surface area contributed by atoms with Gasteiger partial charge in [-0.1, -0.05) is 29.3 Å². The highest BCUT2D eigenvalue weighted by atomic mass is 79.9. The van der Waals surface area contributed by atoms with Crippen molar-refractivity contribution in [3.8, 4) is 0 Å². The van der Waals surface area contributed by atoms with E-state index in [0.717, 1.165) is 33.8 Å². The fourth-order valence-corrected chi connectivity index (χ4v) is 2.27. The number of aromatic amines is 1. The molecular formula is C12H12BrNO2. The van der Waals surface area contributed by atoms with Crippen LogP contribution in [0.2, 0.25) is 0 Å². The number of carboxylic acid groups (broad SMARTS) is 1. The van der Waals surface area contributed by atoms with Gasteiger partial charge in [-0.3, -0.25) is 0 Å². The topological polar surface area (TPSA) is 53.1 Å². The zero-order valence-corrected chi connectivity index (χ0v) is 10.5. The Morgan fingerprint density at radius 3 is 2.88 bits per heavy atom. The molecule has 0 aliphatic carbocycles. The second kappa shape index (κ2) is 4.29. The molecule has 0 unspecified atom stereocenters. The van der Waals surface area contributed by atoms with E-state index >= 15 is 0 Å². The Bertz CT molecular complexity index is 545.